The number of carbonyl (C=O) groups is 3. The highest BCUT2D eigenvalue weighted by molar-refractivity contribution is 8.00. The molecule has 0 bridgehead atoms. The monoisotopic (exact) mass is 569 g/mol. The van der Waals surface area contributed by atoms with Gasteiger partial charge in [0.15, 0.2) is 0 Å². The van der Waals surface area contributed by atoms with Crippen LogP contribution in [-0.4, -0.2) is 71.7 Å². The Labute approximate surface area is 233 Å². The van der Waals surface area contributed by atoms with Crippen molar-refractivity contribution >= 4 is 35.2 Å². The summed E-state index contributed by atoms with van der Waals surface area (Å²) < 4.78 is 22.0. The van der Waals surface area contributed by atoms with Crippen LogP contribution in [0.1, 0.15) is 28.8 Å². The van der Waals surface area contributed by atoms with Crippen molar-refractivity contribution in [3.8, 4) is 11.5 Å². The summed E-state index contributed by atoms with van der Waals surface area (Å²) in [4.78, 5) is 51.8. The van der Waals surface area contributed by atoms with E-state index in [-0.39, 0.29) is 29.7 Å². The minimum atomic E-state index is -0.879. The van der Waals surface area contributed by atoms with E-state index in [0.717, 1.165) is 12.8 Å². The summed E-state index contributed by atoms with van der Waals surface area (Å²) in [5.41, 5.74) is 1.46. The van der Waals surface area contributed by atoms with Gasteiger partial charge < -0.3 is 24.3 Å². The molecule has 3 atom stereocenters. The first kappa shape index (κ1) is 27.5. The zero-order valence-corrected chi connectivity index (χ0v) is 22.6. The number of hydrogen-bond acceptors (Lipinski definition) is 10. The average molecular weight is 570 g/mol. The van der Waals surface area contributed by atoms with Crippen LogP contribution in [0, 0.1) is 10.1 Å². The molecule has 0 radical (unpaired) electrons. The Hall–Kier alpha value is -4.10. The Bertz CT molecular complexity index is 1350. The molecule has 0 unspecified atom stereocenters. The number of nitrogens with one attached hydrogen (secondary N) is 1. The van der Waals surface area contributed by atoms with Crippen molar-refractivity contribution in [2.45, 2.75) is 37.0 Å². The van der Waals surface area contributed by atoms with Gasteiger partial charge in [-0.15, -0.1) is 11.8 Å². The molecule has 40 heavy (non-hydrogen) atoms. The molecule has 0 aliphatic carbocycles. The number of amides is 2. The van der Waals surface area contributed by atoms with E-state index in [4.69, 9.17) is 18.9 Å². The van der Waals surface area contributed by atoms with Crippen molar-refractivity contribution < 1.29 is 38.3 Å². The number of hydrogen-bond donors (Lipinski definition) is 1. The number of thioether (sulfide) groups is 1. The van der Waals surface area contributed by atoms with Gasteiger partial charge in [0.1, 0.15) is 40.8 Å². The molecule has 0 saturated carbocycles. The van der Waals surface area contributed by atoms with Gasteiger partial charge in [-0.25, -0.2) is 4.79 Å². The number of nitrogens with zero attached hydrogens (tertiary/aromatic N) is 2. The first-order valence-electron chi connectivity index (χ1n) is 12.6. The fourth-order valence-corrected chi connectivity index (χ4v) is 6.36. The second-order valence-corrected chi connectivity index (χ2v) is 10.4. The lowest BCUT2D eigenvalue weighted by Gasteiger charge is -2.50. The molecule has 210 valence electrons. The number of β-lactam (4-membered cyclic amide) rings is 1. The second-order valence-electron chi connectivity index (χ2n) is 9.27. The van der Waals surface area contributed by atoms with Crippen LogP contribution in [-0.2, 0) is 25.7 Å². The minimum absolute atomic E-state index is 0.0735. The molecule has 13 heteroatoms. The molecule has 1 N–H and O–H groups in total. The van der Waals surface area contributed by atoms with Crippen LogP contribution in [0.5, 0.6) is 11.5 Å². The smallest absolute Gasteiger partial charge is 0.355 e. The topological polar surface area (TPSA) is 147 Å². The van der Waals surface area contributed by atoms with E-state index in [0.29, 0.717) is 35.0 Å². The molecular formula is C27H27N3O9S. The first-order valence-corrected chi connectivity index (χ1v) is 13.6. The van der Waals surface area contributed by atoms with Crippen LogP contribution in [0.25, 0.3) is 0 Å². The molecule has 3 heterocycles. The summed E-state index contributed by atoms with van der Waals surface area (Å²) in [6.45, 7) is 0.424. The van der Waals surface area contributed by atoms with Gasteiger partial charge in [-0.05, 0) is 48.2 Å². The minimum Gasteiger partial charge on any atom is -0.496 e. The quantitative estimate of drug-likeness (QED) is 0.207. The number of rotatable bonds is 9. The van der Waals surface area contributed by atoms with Gasteiger partial charge in [-0.1, -0.05) is 6.07 Å². The lowest BCUT2D eigenvalue weighted by atomic mass is 9.98. The van der Waals surface area contributed by atoms with Crippen LogP contribution >= 0.6 is 11.8 Å². The number of non-ortho nitro benzene ring substituents is 1. The fraction of sp³-hybridized carbons (Fsp3) is 0.370. The highest BCUT2D eigenvalue weighted by atomic mass is 32.2. The van der Waals surface area contributed by atoms with Gasteiger partial charge >= 0.3 is 5.97 Å². The number of fused-ring (bicyclic) bond motifs is 1. The van der Waals surface area contributed by atoms with E-state index in [9.17, 15) is 24.5 Å². The number of methoxy groups -OCH3 is 2. The molecule has 0 spiro atoms. The number of carbonyl (C=O) groups excluding carboxylic acids is 3. The van der Waals surface area contributed by atoms with Gasteiger partial charge in [0.05, 0.1) is 25.2 Å². The summed E-state index contributed by atoms with van der Waals surface area (Å²) >= 11 is 1.44. The Morgan fingerprint density at radius 3 is 2.45 bits per heavy atom. The number of ether oxygens (including phenoxy) is 4. The molecule has 2 fully saturated rings. The molecule has 2 saturated heterocycles. The highest BCUT2D eigenvalue weighted by Gasteiger charge is 2.55. The van der Waals surface area contributed by atoms with E-state index in [2.05, 4.69) is 5.32 Å². The van der Waals surface area contributed by atoms with Crippen molar-refractivity contribution in [1.29, 1.82) is 0 Å². The van der Waals surface area contributed by atoms with Crippen LogP contribution in [0.15, 0.2) is 53.7 Å². The highest BCUT2D eigenvalue weighted by Crippen LogP contribution is 2.43. The summed E-state index contributed by atoms with van der Waals surface area (Å²) in [5.74, 6) is -0.661. The normalized spacial score (nSPS) is 21.8. The second kappa shape index (κ2) is 11.6. The molecule has 12 nitrogen and oxygen atoms in total. The molecule has 3 aliphatic rings. The molecule has 2 aromatic carbocycles. The Morgan fingerprint density at radius 1 is 1.15 bits per heavy atom. The van der Waals surface area contributed by atoms with E-state index >= 15 is 0 Å². The lowest BCUT2D eigenvalue weighted by molar-refractivity contribution is -0.384. The maximum Gasteiger partial charge on any atom is 0.355 e. The standard InChI is InChI=1S/C27H27N3O9S/c1-36-19-5-3-6-20(37-2)21(19)24(31)28-22-25(32)29-23(17(14-40-26(22)29)18-7-4-12-38-18)27(33)39-13-15-8-10-16(11-9-15)30(34)35/h3,5-6,8-11,18,22,26H,4,7,12-14H2,1-2H3,(H,28,31)/t18-,22+,26+/m0/s1. The average Bonchev–Trinajstić information content (AvgIpc) is 3.52. The van der Waals surface area contributed by atoms with Crippen molar-refractivity contribution in [1.82, 2.24) is 10.2 Å². The maximum absolute atomic E-state index is 13.4. The van der Waals surface area contributed by atoms with E-state index in [1.807, 2.05) is 0 Å². The molecule has 0 aromatic heterocycles. The van der Waals surface area contributed by atoms with Gasteiger partial charge in [-0.2, -0.15) is 0 Å². The predicted molar refractivity (Wildman–Crippen MR) is 143 cm³/mol. The largest absolute Gasteiger partial charge is 0.496 e. The number of benzene rings is 2. The summed E-state index contributed by atoms with van der Waals surface area (Å²) in [5, 5.41) is 13.2. The van der Waals surface area contributed by atoms with Crippen molar-refractivity contribution in [3.63, 3.8) is 0 Å². The summed E-state index contributed by atoms with van der Waals surface area (Å²) in [6.07, 6.45) is 1.24. The molecule has 2 amide bonds. The summed E-state index contributed by atoms with van der Waals surface area (Å²) in [7, 11) is 2.87. The fourth-order valence-electron chi connectivity index (χ4n) is 4.95. The molecular weight excluding hydrogens is 542 g/mol. The zero-order valence-electron chi connectivity index (χ0n) is 21.8. The maximum atomic E-state index is 13.4. The Kier molecular flexibility index (Phi) is 7.94. The first-order chi connectivity index (χ1) is 19.3. The Morgan fingerprint density at radius 2 is 1.85 bits per heavy atom. The van der Waals surface area contributed by atoms with E-state index < -0.39 is 34.1 Å². The van der Waals surface area contributed by atoms with E-state index in [1.54, 1.807) is 18.2 Å². The van der Waals surface area contributed by atoms with Gasteiger partial charge in [0, 0.05) is 24.5 Å². The van der Waals surface area contributed by atoms with Crippen LogP contribution in [0.4, 0.5) is 5.69 Å². The third-order valence-electron chi connectivity index (χ3n) is 6.97. The van der Waals surface area contributed by atoms with Crippen LogP contribution in [0.3, 0.4) is 0 Å². The number of nitro benzene ring substituents is 1. The van der Waals surface area contributed by atoms with Crippen molar-refractivity contribution in [3.05, 3.63) is 75.0 Å². The molecule has 5 rings (SSSR count). The van der Waals surface area contributed by atoms with Crippen LogP contribution < -0.4 is 14.8 Å². The third-order valence-corrected chi connectivity index (χ3v) is 8.27. The molecule has 2 aromatic rings. The van der Waals surface area contributed by atoms with Gasteiger partial charge in [0.2, 0.25) is 0 Å². The van der Waals surface area contributed by atoms with Gasteiger partial charge in [-0.3, -0.25) is 24.6 Å². The SMILES string of the molecule is COc1cccc(OC)c1C(=O)N[C@@H]1C(=O)N2C(C(=O)OCc3ccc([N+](=O)[O-])cc3)=C([C@@H]3CCCO3)CS[C@H]12. The van der Waals surface area contributed by atoms with E-state index in [1.165, 1.54) is 55.1 Å². The van der Waals surface area contributed by atoms with Gasteiger partial charge in [0.25, 0.3) is 17.5 Å². The lowest BCUT2D eigenvalue weighted by Crippen LogP contribution is -2.70. The Balaban J connectivity index is 1.35. The predicted octanol–water partition coefficient (Wildman–Crippen LogP) is 2.80. The molecule has 3 aliphatic heterocycles. The van der Waals surface area contributed by atoms with Crippen molar-refractivity contribution in [2.24, 2.45) is 0 Å². The number of esters is 1. The van der Waals surface area contributed by atoms with Crippen molar-refractivity contribution in [2.75, 3.05) is 26.6 Å². The third kappa shape index (κ3) is 5.09. The summed E-state index contributed by atoms with van der Waals surface area (Å²) in [6, 6.07) is 9.73. The van der Waals surface area contributed by atoms with Crippen LogP contribution in [0.2, 0.25) is 0 Å². The number of nitro groups is 1. The zero-order chi connectivity index (χ0) is 28.4.